The Morgan fingerprint density at radius 2 is 0.667 bits per heavy atom. The van der Waals surface area contributed by atoms with E-state index < -0.39 is 0 Å². The van der Waals surface area contributed by atoms with E-state index in [0.717, 1.165) is 83.4 Å². The minimum atomic E-state index is 0.530. The molecule has 12 rings (SSSR count). The Bertz CT molecular complexity index is 3630. The highest BCUT2D eigenvalue weighted by Crippen LogP contribution is 2.42. The van der Waals surface area contributed by atoms with Gasteiger partial charge in [0, 0.05) is 44.2 Å². The minimum Gasteiger partial charge on any atom is -0.308 e. The fraction of sp³-hybridized carbons (Fsp3) is 0.0317. The molecule has 0 unspecified atom stereocenters. The molecule has 0 saturated heterocycles. The zero-order valence-electron chi connectivity index (χ0n) is 38.1. The van der Waals surface area contributed by atoms with Gasteiger partial charge >= 0.3 is 0 Å². The molecule has 0 amide bonds. The molecule has 0 N–H and O–H groups in total. The van der Waals surface area contributed by atoms with E-state index in [-0.39, 0.29) is 0 Å². The van der Waals surface area contributed by atoms with Crippen LogP contribution in [-0.4, -0.2) is 29.5 Å². The molecule has 0 atom stereocenters. The second kappa shape index (κ2) is 17.6. The predicted octanol–water partition coefficient (Wildman–Crippen LogP) is 15.7. The first kappa shape index (κ1) is 41.3. The number of nitrogens with zero attached hydrogens (tertiary/aromatic N) is 6. The van der Waals surface area contributed by atoms with E-state index in [1.165, 1.54) is 22.3 Å². The van der Waals surface area contributed by atoms with Crippen LogP contribution in [0.2, 0.25) is 0 Å². The highest BCUT2D eigenvalue weighted by molar-refractivity contribution is 6.12. The van der Waals surface area contributed by atoms with Gasteiger partial charge in [-0.15, -0.1) is 0 Å². The maximum atomic E-state index is 5.37. The Morgan fingerprint density at radius 1 is 0.275 bits per heavy atom. The first-order chi connectivity index (χ1) is 34.0. The quantitative estimate of drug-likeness (QED) is 0.144. The van der Waals surface area contributed by atoms with E-state index in [9.17, 15) is 0 Å². The van der Waals surface area contributed by atoms with Gasteiger partial charge in [0.15, 0.2) is 23.3 Å². The van der Waals surface area contributed by atoms with Crippen LogP contribution in [0.25, 0.3) is 118 Å². The van der Waals surface area contributed by atoms with Gasteiger partial charge in [0.05, 0.1) is 28.1 Å². The molecule has 0 fully saturated rings. The second-order valence-electron chi connectivity index (χ2n) is 17.4. The molecule has 0 aliphatic rings. The topological polar surface area (TPSA) is 69.4 Å². The van der Waals surface area contributed by atoms with Crippen molar-refractivity contribution >= 4 is 21.8 Å². The average molecular weight is 885 g/mol. The van der Waals surface area contributed by atoms with Crippen LogP contribution in [0.4, 0.5) is 0 Å². The van der Waals surface area contributed by atoms with Crippen LogP contribution in [0.5, 0.6) is 0 Å². The molecule has 12 aromatic rings. The van der Waals surface area contributed by atoms with Gasteiger partial charge in [0.2, 0.25) is 0 Å². The van der Waals surface area contributed by atoms with Gasteiger partial charge in [-0.05, 0) is 83.6 Å². The summed E-state index contributed by atoms with van der Waals surface area (Å²) in [6, 6.07) is 80.3. The predicted molar refractivity (Wildman–Crippen MR) is 283 cm³/mol. The Balaban J connectivity index is 1.18. The lowest BCUT2D eigenvalue weighted by molar-refractivity contribution is 1.06. The fourth-order valence-corrected chi connectivity index (χ4v) is 9.47. The van der Waals surface area contributed by atoms with Gasteiger partial charge in [-0.25, -0.2) is 24.9 Å². The molecule has 3 heterocycles. The summed E-state index contributed by atoms with van der Waals surface area (Å²) < 4.78 is 2.40. The van der Waals surface area contributed by atoms with Gasteiger partial charge in [-0.2, -0.15) is 0 Å². The smallest absolute Gasteiger partial charge is 0.166 e. The largest absolute Gasteiger partial charge is 0.308 e. The van der Waals surface area contributed by atoms with Gasteiger partial charge < -0.3 is 4.57 Å². The summed E-state index contributed by atoms with van der Waals surface area (Å²) in [5.41, 5.74) is 17.2. The highest BCUT2D eigenvalue weighted by atomic mass is 15.1. The average Bonchev–Trinajstić information content (AvgIpc) is 3.74. The molecule has 0 spiro atoms. The number of aromatic nitrogens is 6. The molecule has 6 nitrogen and oxygen atoms in total. The van der Waals surface area contributed by atoms with Crippen molar-refractivity contribution in [3.63, 3.8) is 0 Å². The summed E-state index contributed by atoms with van der Waals surface area (Å²) in [4.78, 5) is 26.4. The molecule has 69 heavy (non-hydrogen) atoms. The molecule has 3 aromatic heterocycles. The highest BCUT2D eigenvalue weighted by Gasteiger charge is 2.23. The van der Waals surface area contributed by atoms with Crippen molar-refractivity contribution in [3.8, 4) is 96.0 Å². The Labute approximate surface area is 401 Å². The van der Waals surface area contributed by atoms with Crippen molar-refractivity contribution in [2.75, 3.05) is 0 Å². The molecule has 0 bridgehead atoms. The van der Waals surface area contributed by atoms with Crippen molar-refractivity contribution in [2.24, 2.45) is 0 Å². The second-order valence-corrected chi connectivity index (χ2v) is 17.4. The molecule has 0 saturated carbocycles. The molecule has 6 heteroatoms. The molecule has 326 valence electrons. The zero-order chi connectivity index (χ0) is 46.3. The Morgan fingerprint density at radius 3 is 1.13 bits per heavy atom. The van der Waals surface area contributed by atoms with E-state index in [1.807, 2.05) is 97.1 Å². The first-order valence-corrected chi connectivity index (χ1v) is 23.2. The van der Waals surface area contributed by atoms with Crippen LogP contribution < -0.4 is 0 Å². The minimum absolute atomic E-state index is 0.530. The number of hydrogen-bond donors (Lipinski definition) is 0. The molecular formula is C63H44N6. The summed E-state index contributed by atoms with van der Waals surface area (Å²) >= 11 is 0. The number of fused-ring (bicyclic) bond motifs is 3. The van der Waals surface area contributed by atoms with E-state index in [2.05, 4.69) is 152 Å². The molecule has 0 aliphatic heterocycles. The summed E-state index contributed by atoms with van der Waals surface area (Å²) in [6.45, 7) is 4.35. The lowest BCUT2D eigenvalue weighted by Gasteiger charge is -2.17. The van der Waals surface area contributed by atoms with Crippen molar-refractivity contribution in [3.05, 3.63) is 242 Å². The van der Waals surface area contributed by atoms with Gasteiger partial charge in [0.25, 0.3) is 0 Å². The third-order valence-corrected chi connectivity index (χ3v) is 13.0. The molecule has 0 aliphatic carbocycles. The molecule has 0 radical (unpaired) electrons. The lowest BCUT2D eigenvalue weighted by Crippen LogP contribution is -2.05. The van der Waals surface area contributed by atoms with E-state index in [1.54, 1.807) is 0 Å². The van der Waals surface area contributed by atoms with Gasteiger partial charge in [-0.3, -0.25) is 0 Å². The van der Waals surface area contributed by atoms with Crippen LogP contribution in [0, 0.1) is 13.8 Å². The fourth-order valence-electron chi connectivity index (χ4n) is 9.47. The van der Waals surface area contributed by atoms with Gasteiger partial charge in [-0.1, -0.05) is 194 Å². The summed E-state index contributed by atoms with van der Waals surface area (Å²) in [6.07, 6.45) is 0. The summed E-state index contributed by atoms with van der Waals surface area (Å²) in [5.74, 6) is 2.28. The lowest BCUT2D eigenvalue weighted by atomic mass is 9.98. The van der Waals surface area contributed by atoms with Gasteiger partial charge in [0.1, 0.15) is 0 Å². The van der Waals surface area contributed by atoms with Crippen LogP contribution >= 0.6 is 0 Å². The van der Waals surface area contributed by atoms with Crippen molar-refractivity contribution in [1.29, 1.82) is 0 Å². The molecular weight excluding hydrogens is 841 g/mol. The summed E-state index contributed by atoms with van der Waals surface area (Å²) in [5, 5.41) is 2.29. The standard InChI is InChI=1S/C63H44N6/c1-41-19-15-17-29-50(41)47-31-34-52-53-35-32-48(51-30-18-16-20-42(51)2)39-59(53)69(58(52)38-47)57-36-33-49(62-64-55(43-21-7-3-8-22-43)40-56(65-62)44-23-9-4-10-24-44)37-54(57)63-67-60(45-25-11-5-12-26-45)66-61(68-63)46-27-13-6-14-28-46/h3-40H,1-2H3. The maximum Gasteiger partial charge on any atom is 0.166 e. The monoisotopic (exact) mass is 884 g/mol. The number of benzene rings is 9. The van der Waals surface area contributed by atoms with Crippen LogP contribution in [0.1, 0.15) is 11.1 Å². The number of hydrogen-bond acceptors (Lipinski definition) is 5. The van der Waals surface area contributed by atoms with E-state index in [0.29, 0.717) is 23.3 Å². The van der Waals surface area contributed by atoms with E-state index in [4.69, 9.17) is 24.9 Å². The van der Waals surface area contributed by atoms with E-state index >= 15 is 0 Å². The number of aryl methyl sites for hydroxylation is 2. The first-order valence-electron chi connectivity index (χ1n) is 23.2. The Hall–Kier alpha value is -9.13. The van der Waals surface area contributed by atoms with Crippen LogP contribution in [0.3, 0.4) is 0 Å². The van der Waals surface area contributed by atoms with Crippen molar-refractivity contribution < 1.29 is 0 Å². The normalized spacial score (nSPS) is 11.3. The van der Waals surface area contributed by atoms with Crippen LogP contribution in [0.15, 0.2) is 231 Å². The third-order valence-electron chi connectivity index (χ3n) is 13.0. The van der Waals surface area contributed by atoms with Crippen molar-refractivity contribution in [1.82, 2.24) is 29.5 Å². The SMILES string of the molecule is Cc1ccccc1-c1ccc2c3ccc(-c4ccccc4C)cc3n(-c3ccc(-c4nc(-c5ccccc5)cc(-c5ccccc5)n4)cc3-c3nc(-c4ccccc4)nc(-c4ccccc4)n3)c2c1. The number of rotatable bonds is 9. The Kier molecular flexibility index (Phi) is 10.5. The summed E-state index contributed by atoms with van der Waals surface area (Å²) in [7, 11) is 0. The third kappa shape index (κ3) is 7.84. The van der Waals surface area contributed by atoms with Crippen molar-refractivity contribution in [2.45, 2.75) is 13.8 Å². The van der Waals surface area contributed by atoms with Crippen LogP contribution in [-0.2, 0) is 0 Å². The molecule has 9 aromatic carbocycles. The zero-order valence-corrected chi connectivity index (χ0v) is 38.1. The maximum absolute atomic E-state index is 5.37.